The third kappa shape index (κ3) is 1.89. The minimum Gasteiger partial charge on any atom is -0.207 e. The molecule has 0 radical (unpaired) electrons. The summed E-state index contributed by atoms with van der Waals surface area (Å²) in [5.74, 6) is -2.54. The van der Waals surface area contributed by atoms with Crippen LogP contribution in [0.4, 0.5) is 8.78 Å². The van der Waals surface area contributed by atoms with Gasteiger partial charge in [0.1, 0.15) is 4.90 Å². The van der Waals surface area contributed by atoms with Gasteiger partial charge in [-0.05, 0) is 12.1 Å². The van der Waals surface area contributed by atoms with Crippen LogP contribution in [-0.2, 0) is 9.05 Å². The molecule has 0 N–H and O–H groups in total. The lowest BCUT2D eigenvalue weighted by Crippen LogP contribution is -1.99. The average molecular weight is 214 g/mol. The van der Waals surface area contributed by atoms with E-state index in [0.29, 0.717) is 12.1 Å². The minimum atomic E-state index is -4.18. The van der Waals surface area contributed by atoms with Crippen LogP contribution in [0.2, 0.25) is 0 Å². The second kappa shape index (κ2) is 2.95. The Labute approximate surface area is 71.4 Å². The Morgan fingerprint density at radius 2 is 1.92 bits per heavy atom. The van der Waals surface area contributed by atoms with Gasteiger partial charge in [0.25, 0.3) is 9.05 Å². The number of hydrogen-bond acceptors (Lipinski definition) is 3. The molecular formula is C5H2ClF2NO2S. The molecule has 0 saturated heterocycles. The first-order valence-electron chi connectivity index (χ1n) is 2.68. The number of pyridine rings is 1. The maximum atomic E-state index is 12.5. The highest BCUT2D eigenvalue weighted by Crippen LogP contribution is 2.16. The molecule has 1 aromatic rings. The Hall–Kier alpha value is -0.750. The van der Waals surface area contributed by atoms with Crippen molar-refractivity contribution in [3.63, 3.8) is 0 Å². The summed E-state index contributed by atoms with van der Waals surface area (Å²) >= 11 is 0. The van der Waals surface area contributed by atoms with Crippen molar-refractivity contribution >= 4 is 19.7 Å². The van der Waals surface area contributed by atoms with E-state index in [2.05, 4.69) is 4.98 Å². The molecule has 0 fully saturated rings. The highest BCUT2D eigenvalue weighted by atomic mass is 35.7. The van der Waals surface area contributed by atoms with E-state index in [1.807, 2.05) is 0 Å². The second-order valence-electron chi connectivity index (χ2n) is 1.86. The molecule has 0 aliphatic rings. The first-order chi connectivity index (χ1) is 5.41. The predicted octanol–water partition coefficient (Wildman–Crippen LogP) is 1.29. The fourth-order valence-electron chi connectivity index (χ4n) is 0.581. The number of aromatic nitrogens is 1. The Morgan fingerprint density at radius 3 is 2.33 bits per heavy atom. The molecule has 1 aromatic heterocycles. The zero-order valence-electron chi connectivity index (χ0n) is 5.46. The molecule has 0 saturated carbocycles. The highest BCUT2D eigenvalue weighted by Gasteiger charge is 2.17. The Kier molecular flexibility index (Phi) is 2.29. The Balaban J connectivity index is 3.39. The summed E-state index contributed by atoms with van der Waals surface area (Å²) in [4.78, 5) is 1.81. The van der Waals surface area contributed by atoms with Crippen LogP contribution in [0.1, 0.15) is 0 Å². The van der Waals surface area contributed by atoms with Gasteiger partial charge >= 0.3 is 0 Å². The van der Waals surface area contributed by atoms with Crippen molar-refractivity contribution in [2.75, 3.05) is 0 Å². The van der Waals surface area contributed by atoms with Crippen LogP contribution in [0.5, 0.6) is 0 Å². The molecule has 0 aromatic carbocycles. The summed E-state index contributed by atoms with van der Waals surface area (Å²) in [6, 6.07) is 1.42. The molecule has 7 heteroatoms. The van der Waals surface area contributed by atoms with Gasteiger partial charge in [0.05, 0.1) is 0 Å². The standard InChI is InChI=1S/C5H2ClF2NO2S/c6-12(10,11)3-1-2-4(7)9-5(3)8/h1-2H. The van der Waals surface area contributed by atoms with Crippen LogP contribution in [0.25, 0.3) is 0 Å². The van der Waals surface area contributed by atoms with E-state index in [4.69, 9.17) is 10.7 Å². The first-order valence-corrected chi connectivity index (χ1v) is 4.99. The molecule has 0 spiro atoms. The highest BCUT2D eigenvalue weighted by molar-refractivity contribution is 8.13. The van der Waals surface area contributed by atoms with Crippen molar-refractivity contribution in [2.24, 2.45) is 0 Å². The molecule has 1 rings (SSSR count). The van der Waals surface area contributed by atoms with Crippen LogP contribution in [0.15, 0.2) is 17.0 Å². The van der Waals surface area contributed by atoms with Gasteiger partial charge in [-0.15, -0.1) is 0 Å². The van der Waals surface area contributed by atoms with E-state index in [9.17, 15) is 17.2 Å². The SMILES string of the molecule is O=S(=O)(Cl)c1ccc(F)nc1F. The number of halogens is 3. The van der Waals surface area contributed by atoms with Crippen molar-refractivity contribution in [3.8, 4) is 0 Å². The summed E-state index contributed by atoms with van der Waals surface area (Å²) in [5, 5.41) is 0. The van der Waals surface area contributed by atoms with Crippen molar-refractivity contribution in [2.45, 2.75) is 4.90 Å². The van der Waals surface area contributed by atoms with Gasteiger partial charge in [-0.2, -0.15) is 13.8 Å². The molecular weight excluding hydrogens is 212 g/mol. The summed E-state index contributed by atoms with van der Waals surface area (Å²) < 4.78 is 45.7. The van der Waals surface area contributed by atoms with E-state index < -0.39 is 25.8 Å². The molecule has 3 nitrogen and oxygen atoms in total. The van der Waals surface area contributed by atoms with Gasteiger partial charge in [0.15, 0.2) is 0 Å². The molecule has 0 amide bonds. The second-order valence-corrected chi connectivity index (χ2v) is 4.40. The third-order valence-corrected chi connectivity index (χ3v) is 2.37. The lowest BCUT2D eigenvalue weighted by atomic mass is 10.5. The summed E-state index contributed by atoms with van der Waals surface area (Å²) in [6.07, 6.45) is 0. The van der Waals surface area contributed by atoms with E-state index in [1.54, 1.807) is 0 Å². The molecule has 0 aliphatic carbocycles. The topological polar surface area (TPSA) is 47.0 Å². The number of hydrogen-bond donors (Lipinski definition) is 0. The zero-order chi connectivity index (χ0) is 9.35. The van der Waals surface area contributed by atoms with Crippen LogP contribution in [0, 0.1) is 11.9 Å². The summed E-state index contributed by atoms with van der Waals surface area (Å²) in [7, 11) is 0.604. The quantitative estimate of drug-likeness (QED) is 0.522. The molecule has 0 aliphatic heterocycles. The normalized spacial score (nSPS) is 11.6. The molecule has 0 unspecified atom stereocenters. The maximum absolute atomic E-state index is 12.5. The van der Waals surface area contributed by atoms with E-state index >= 15 is 0 Å². The smallest absolute Gasteiger partial charge is 0.207 e. The first kappa shape index (κ1) is 9.34. The lowest BCUT2D eigenvalue weighted by Gasteiger charge is -1.95. The fourth-order valence-corrected chi connectivity index (χ4v) is 1.40. The monoisotopic (exact) mass is 213 g/mol. The Bertz CT molecular complexity index is 406. The van der Waals surface area contributed by atoms with Gasteiger partial charge < -0.3 is 0 Å². The van der Waals surface area contributed by atoms with Crippen molar-refractivity contribution in [1.29, 1.82) is 0 Å². The molecule has 66 valence electrons. The number of nitrogens with zero attached hydrogens (tertiary/aromatic N) is 1. The molecule has 12 heavy (non-hydrogen) atoms. The van der Waals surface area contributed by atoms with Gasteiger partial charge in [0, 0.05) is 10.7 Å². The number of rotatable bonds is 1. The molecule has 0 atom stereocenters. The van der Waals surface area contributed by atoms with E-state index in [0.717, 1.165) is 0 Å². The van der Waals surface area contributed by atoms with E-state index in [1.165, 1.54) is 0 Å². The van der Waals surface area contributed by atoms with Crippen LogP contribution in [0.3, 0.4) is 0 Å². The van der Waals surface area contributed by atoms with Gasteiger partial charge in [0.2, 0.25) is 11.9 Å². The largest absolute Gasteiger partial charge is 0.265 e. The van der Waals surface area contributed by atoms with Crippen molar-refractivity contribution in [1.82, 2.24) is 4.98 Å². The zero-order valence-corrected chi connectivity index (χ0v) is 7.03. The van der Waals surface area contributed by atoms with Gasteiger partial charge in [-0.3, -0.25) is 0 Å². The van der Waals surface area contributed by atoms with E-state index in [-0.39, 0.29) is 0 Å². The lowest BCUT2D eigenvalue weighted by molar-refractivity contribution is 0.490. The third-order valence-electron chi connectivity index (χ3n) is 1.04. The van der Waals surface area contributed by atoms with Crippen LogP contribution in [-0.4, -0.2) is 13.4 Å². The predicted molar refractivity (Wildman–Crippen MR) is 37.2 cm³/mol. The fraction of sp³-hybridized carbons (Fsp3) is 0. The average Bonchev–Trinajstić information content (AvgIpc) is 1.83. The maximum Gasteiger partial charge on any atom is 0.265 e. The summed E-state index contributed by atoms with van der Waals surface area (Å²) in [6.45, 7) is 0. The van der Waals surface area contributed by atoms with Crippen LogP contribution < -0.4 is 0 Å². The van der Waals surface area contributed by atoms with Gasteiger partial charge in [-0.1, -0.05) is 0 Å². The molecule has 1 heterocycles. The summed E-state index contributed by atoms with van der Waals surface area (Å²) in [5.41, 5.74) is 0. The van der Waals surface area contributed by atoms with Gasteiger partial charge in [-0.25, -0.2) is 8.42 Å². The Morgan fingerprint density at radius 1 is 1.33 bits per heavy atom. The van der Waals surface area contributed by atoms with Crippen LogP contribution >= 0.6 is 10.7 Å². The molecule has 0 bridgehead atoms. The minimum absolute atomic E-state index is 0.707. The van der Waals surface area contributed by atoms with Crippen molar-refractivity contribution < 1.29 is 17.2 Å². The van der Waals surface area contributed by atoms with Crippen molar-refractivity contribution in [3.05, 3.63) is 24.0 Å².